The molecule has 2 aliphatic rings. The van der Waals surface area contributed by atoms with Crippen molar-refractivity contribution in [3.05, 3.63) is 47.7 Å². The molecule has 1 saturated carbocycles. The van der Waals surface area contributed by atoms with E-state index in [1.54, 1.807) is 31.2 Å². The van der Waals surface area contributed by atoms with Gasteiger partial charge >= 0.3 is 6.03 Å². The zero-order valence-electron chi connectivity index (χ0n) is 15.7. The number of hydrogen-bond donors (Lipinski definition) is 1. The first-order valence-corrected chi connectivity index (χ1v) is 9.30. The molecular formula is C21H20N4O3. The minimum Gasteiger partial charge on any atom is -0.439 e. The van der Waals surface area contributed by atoms with Gasteiger partial charge in [-0.3, -0.25) is 4.79 Å². The molecule has 142 valence electrons. The first kappa shape index (κ1) is 18.0. The van der Waals surface area contributed by atoms with E-state index in [0.717, 1.165) is 23.3 Å². The number of nitriles is 1. The van der Waals surface area contributed by atoms with Crippen LogP contribution in [0.3, 0.4) is 0 Å². The maximum atomic E-state index is 12.6. The Kier molecular flexibility index (Phi) is 4.27. The molecule has 1 aromatic heterocycles. The first-order valence-electron chi connectivity index (χ1n) is 9.30. The zero-order chi connectivity index (χ0) is 19.9. The molecule has 0 bridgehead atoms. The Morgan fingerprint density at radius 1 is 1.32 bits per heavy atom. The SMILES string of the molecule is CC[C@@]1(C)NC(=O)N(c2ccc(Oc3cccc(C#N)c3C3CC3)nc2)C1=O. The fraction of sp³-hybridized carbons (Fsp3) is 0.333. The van der Waals surface area contributed by atoms with Gasteiger partial charge in [-0.05, 0) is 50.3 Å². The Hall–Kier alpha value is -3.40. The molecule has 4 rings (SSSR count). The number of aromatic nitrogens is 1. The zero-order valence-corrected chi connectivity index (χ0v) is 15.7. The molecule has 0 spiro atoms. The molecule has 1 atom stereocenters. The number of nitrogens with one attached hydrogen (secondary N) is 1. The van der Waals surface area contributed by atoms with E-state index in [-0.39, 0.29) is 5.91 Å². The first-order chi connectivity index (χ1) is 13.5. The van der Waals surface area contributed by atoms with E-state index in [4.69, 9.17) is 4.74 Å². The van der Waals surface area contributed by atoms with Gasteiger partial charge in [0.2, 0.25) is 5.88 Å². The number of benzene rings is 1. The number of rotatable bonds is 5. The molecule has 28 heavy (non-hydrogen) atoms. The Labute approximate surface area is 162 Å². The number of ether oxygens (including phenoxy) is 1. The summed E-state index contributed by atoms with van der Waals surface area (Å²) in [5.74, 6) is 1.01. The number of carbonyl (C=O) groups is 2. The molecule has 2 aromatic rings. The van der Waals surface area contributed by atoms with E-state index < -0.39 is 11.6 Å². The Morgan fingerprint density at radius 2 is 2.11 bits per heavy atom. The van der Waals surface area contributed by atoms with Crippen LogP contribution in [0.15, 0.2) is 36.5 Å². The third-order valence-corrected chi connectivity index (χ3v) is 5.33. The second kappa shape index (κ2) is 6.64. The molecule has 2 fully saturated rings. The molecule has 0 radical (unpaired) electrons. The van der Waals surface area contributed by atoms with Crippen LogP contribution in [-0.4, -0.2) is 22.5 Å². The summed E-state index contributed by atoms with van der Waals surface area (Å²) in [7, 11) is 0. The maximum Gasteiger partial charge on any atom is 0.329 e. The van der Waals surface area contributed by atoms with Gasteiger partial charge in [0.1, 0.15) is 11.3 Å². The van der Waals surface area contributed by atoms with Crippen molar-refractivity contribution in [2.75, 3.05) is 4.90 Å². The average Bonchev–Trinajstić information content (AvgIpc) is 3.50. The third kappa shape index (κ3) is 2.97. The number of pyridine rings is 1. The van der Waals surface area contributed by atoms with Crippen LogP contribution in [-0.2, 0) is 4.79 Å². The van der Waals surface area contributed by atoms with Crippen molar-refractivity contribution in [3.8, 4) is 17.7 Å². The molecule has 7 heteroatoms. The van der Waals surface area contributed by atoms with E-state index in [1.807, 2.05) is 13.0 Å². The number of urea groups is 1. The number of nitrogens with zero attached hydrogens (tertiary/aromatic N) is 3. The van der Waals surface area contributed by atoms with Gasteiger partial charge in [0.05, 0.1) is 23.5 Å². The predicted molar refractivity (Wildman–Crippen MR) is 102 cm³/mol. The van der Waals surface area contributed by atoms with Crippen LogP contribution in [0.5, 0.6) is 11.6 Å². The summed E-state index contributed by atoms with van der Waals surface area (Å²) in [4.78, 5) is 30.2. The predicted octanol–water partition coefficient (Wildman–Crippen LogP) is 3.85. The van der Waals surface area contributed by atoms with Crippen molar-refractivity contribution < 1.29 is 14.3 Å². The van der Waals surface area contributed by atoms with E-state index in [1.165, 1.54) is 6.20 Å². The molecule has 2 heterocycles. The van der Waals surface area contributed by atoms with Gasteiger partial charge in [-0.15, -0.1) is 0 Å². The van der Waals surface area contributed by atoms with Crippen LogP contribution >= 0.6 is 0 Å². The minimum atomic E-state index is -0.900. The molecule has 7 nitrogen and oxygen atoms in total. The van der Waals surface area contributed by atoms with Crippen molar-refractivity contribution in [1.29, 1.82) is 5.26 Å². The van der Waals surface area contributed by atoms with Crippen molar-refractivity contribution >= 4 is 17.6 Å². The summed E-state index contributed by atoms with van der Waals surface area (Å²) in [6, 6.07) is 10.4. The van der Waals surface area contributed by atoms with Crippen LogP contribution in [0.25, 0.3) is 0 Å². The lowest BCUT2D eigenvalue weighted by Crippen LogP contribution is -2.43. The van der Waals surface area contributed by atoms with Gasteiger partial charge in [-0.2, -0.15) is 5.26 Å². The van der Waals surface area contributed by atoms with E-state index in [2.05, 4.69) is 16.4 Å². The summed E-state index contributed by atoms with van der Waals surface area (Å²) in [5.41, 5.74) is 1.03. The molecule has 1 saturated heterocycles. The van der Waals surface area contributed by atoms with Gasteiger partial charge in [0.15, 0.2) is 0 Å². The molecule has 1 N–H and O–H groups in total. The number of carbonyl (C=O) groups excluding carboxylic acids is 2. The van der Waals surface area contributed by atoms with Crippen LogP contribution in [0.1, 0.15) is 50.2 Å². The van der Waals surface area contributed by atoms with Crippen molar-refractivity contribution in [2.45, 2.75) is 44.6 Å². The Bertz CT molecular complexity index is 992. The van der Waals surface area contributed by atoms with E-state index >= 15 is 0 Å². The molecule has 0 unspecified atom stereocenters. The fourth-order valence-corrected chi connectivity index (χ4v) is 3.36. The highest BCUT2D eigenvalue weighted by atomic mass is 16.5. The van der Waals surface area contributed by atoms with Crippen molar-refractivity contribution in [1.82, 2.24) is 10.3 Å². The second-order valence-corrected chi connectivity index (χ2v) is 7.32. The third-order valence-electron chi connectivity index (χ3n) is 5.33. The van der Waals surface area contributed by atoms with Gasteiger partial charge < -0.3 is 10.1 Å². The number of amides is 3. The van der Waals surface area contributed by atoms with Gasteiger partial charge in [0.25, 0.3) is 5.91 Å². The largest absolute Gasteiger partial charge is 0.439 e. The number of hydrogen-bond acceptors (Lipinski definition) is 5. The van der Waals surface area contributed by atoms with E-state index in [0.29, 0.717) is 35.2 Å². The summed E-state index contributed by atoms with van der Waals surface area (Å²) >= 11 is 0. The van der Waals surface area contributed by atoms with Gasteiger partial charge in [0, 0.05) is 11.6 Å². The Morgan fingerprint density at radius 3 is 2.68 bits per heavy atom. The normalized spacial score (nSPS) is 21.4. The summed E-state index contributed by atoms with van der Waals surface area (Å²) in [6.45, 7) is 3.56. The highest BCUT2D eigenvalue weighted by Gasteiger charge is 2.47. The highest BCUT2D eigenvalue weighted by molar-refractivity contribution is 6.23. The van der Waals surface area contributed by atoms with Crippen LogP contribution in [0.2, 0.25) is 0 Å². The van der Waals surface area contributed by atoms with Gasteiger partial charge in [-0.25, -0.2) is 14.7 Å². The number of anilines is 1. The van der Waals surface area contributed by atoms with Crippen molar-refractivity contribution in [2.24, 2.45) is 0 Å². The lowest BCUT2D eigenvalue weighted by Gasteiger charge is -2.19. The van der Waals surface area contributed by atoms with Crippen LogP contribution < -0.4 is 15.0 Å². The maximum absolute atomic E-state index is 12.6. The second-order valence-electron chi connectivity index (χ2n) is 7.32. The molecular weight excluding hydrogens is 356 g/mol. The lowest BCUT2D eigenvalue weighted by atomic mass is 9.99. The standard InChI is InChI=1S/C21H20N4O3/c1-3-21(2)19(26)25(20(27)24-21)15-9-10-17(23-12-15)28-16-6-4-5-14(11-22)18(16)13-7-8-13/h4-6,9-10,12-13H,3,7-8H2,1-2H3,(H,24,27)/t21-/m1/s1. The quantitative estimate of drug-likeness (QED) is 0.800. The topological polar surface area (TPSA) is 95.3 Å². The lowest BCUT2D eigenvalue weighted by molar-refractivity contribution is -0.121. The summed E-state index contributed by atoms with van der Waals surface area (Å²) in [6.07, 6.45) is 4.04. The smallest absolute Gasteiger partial charge is 0.329 e. The summed E-state index contributed by atoms with van der Waals surface area (Å²) < 4.78 is 5.92. The van der Waals surface area contributed by atoms with Crippen LogP contribution in [0, 0.1) is 11.3 Å². The van der Waals surface area contributed by atoms with Crippen molar-refractivity contribution in [3.63, 3.8) is 0 Å². The Balaban J connectivity index is 1.58. The molecule has 1 aliphatic heterocycles. The monoisotopic (exact) mass is 376 g/mol. The minimum absolute atomic E-state index is 0.298. The molecule has 1 aliphatic carbocycles. The highest BCUT2D eigenvalue weighted by Crippen LogP contribution is 2.46. The number of imide groups is 1. The van der Waals surface area contributed by atoms with Crippen LogP contribution in [0.4, 0.5) is 10.5 Å². The van der Waals surface area contributed by atoms with Gasteiger partial charge in [-0.1, -0.05) is 13.0 Å². The average molecular weight is 376 g/mol. The fourth-order valence-electron chi connectivity index (χ4n) is 3.36. The molecule has 3 amide bonds. The van der Waals surface area contributed by atoms with E-state index in [9.17, 15) is 14.9 Å². The summed E-state index contributed by atoms with van der Waals surface area (Å²) in [5, 5.41) is 12.1. The molecule has 1 aromatic carbocycles.